The predicted octanol–water partition coefficient (Wildman–Crippen LogP) is 5.02. The number of thiophene rings is 1. The number of hydrogen-bond donors (Lipinski definition) is 0. The molecule has 4 aromatic heterocycles. The van der Waals surface area contributed by atoms with Crippen molar-refractivity contribution in [3.63, 3.8) is 0 Å². The van der Waals surface area contributed by atoms with Crippen molar-refractivity contribution in [3.05, 3.63) is 105 Å². The first-order valence-electron chi connectivity index (χ1n) is 11.0. The van der Waals surface area contributed by atoms with Gasteiger partial charge in [0.1, 0.15) is 0 Å². The highest BCUT2D eigenvalue weighted by molar-refractivity contribution is 7.18. The van der Waals surface area contributed by atoms with Crippen LogP contribution in [0.4, 0.5) is 0 Å². The molecule has 0 bridgehead atoms. The van der Waals surface area contributed by atoms with E-state index in [1.54, 1.807) is 65.3 Å². The van der Waals surface area contributed by atoms with Gasteiger partial charge < -0.3 is 4.74 Å². The summed E-state index contributed by atoms with van der Waals surface area (Å²) in [6, 6.07) is 17.8. The Kier molecular flexibility index (Phi) is 6.75. The second-order valence-corrected chi connectivity index (χ2v) is 9.60. The number of halogens is 1. The van der Waals surface area contributed by atoms with Gasteiger partial charge in [0.25, 0.3) is 5.56 Å². The third-order valence-corrected chi connectivity index (χ3v) is 6.85. The minimum Gasteiger partial charge on any atom is -0.481 e. The van der Waals surface area contributed by atoms with Gasteiger partial charge in [-0.05, 0) is 42.5 Å². The van der Waals surface area contributed by atoms with E-state index >= 15 is 0 Å². The topological polar surface area (TPSA) is 91.9 Å². The lowest BCUT2D eigenvalue weighted by atomic mass is 10.0. The van der Waals surface area contributed by atoms with E-state index in [0.29, 0.717) is 39.3 Å². The van der Waals surface area contributed by atoms with Crippen LogP contribution >= 0.6 is 22.9 Å². The lowest BCUT2D eigenvalue weighted by Gasteiger charge is -2.13. The van der Waals surface area contributed by atoms with Crippen LogP contribution in [0.2, 0.25) is 4.34 Å². The van der Waals surface area contributed by atoms with Crippen molar-refractivity contribution >= 4 is 28.7 Å². The molecule has 0 unspecified atom stereocenters. The molecule has 10 heteroatoms. The number of carbonyl (C=O) groups is 1. The first kappa shape index (κ1) is 23.7. The number of aromatic nitrogens is 5. The van der Waals surface area contributed by atoms with Crippen LogP contribution in [0, 0.1) is 0 Å². The van der Waals surface area contributed by atoms with Crippen LogP contribution in [0.3, 0.4) is 0 Å². The Morgan fingerprint density at radius 1 is 1.11 bits per heavy atom. The molecule has 4 heterocycles. The van der Waals surface area contributed by atoms with Crippen LogP contribution < -0.4 is 10.3 Å². The molecular weight excluding hydrogens is 498 g/mol. The van der Waals surface area contributed by atoms with E-state index < -0.39 is 0 Å². The molecule has 180 valence electrons. The maximum absolute atomic E-state index is 12.5. The van der Waals surface area contributed by atoms with Crippen LogP contribution in [0.15, 0.2) is 84.0 Å². The third kappa shape index (κ3) is 4.98. The molecule has 5 rings (SSSR count). The Morgan fingerprint density at radius 3 is 2.72 bits per heavy atom. The minimum atomic E-state index is -0.135. The molecule has 0 aliphatic carbocycles. The van der Waals surface area contributed by atoms with E-state index in [0.717, 1.165) is 16.8 Å². The van der Waals surface area contributed by atoms with Crippen molar-refractivity contribution in [3.8, 4) is 28.4 Å². The summed E-state index contributed by atoms with van der Waals surface area (Å²) in [5.74, 6) is 0.513. The van der Waals surface area contributed by atoms with Gasteiger partial charge >= 0.3 is 0 Å². The fraction of sp³-hybridized carbons (Fsp3) is 0.115. The van der Waals surface area contributed by atoms with E-state index in [4.69, 9.17) is 16.3 Å². The lowest BCUT2D eigenvalue weighted by molar-refractivity contribution is 0.0986. The highest BCUT2D eigenvalue weighted by Crippen LogP contribution is 2.29. The first-order valence-corrected chi connectivity index (χ1v) is 12.2. The van der Waals surface area contributed by atoms with Gasteiger partial charge in [-0.3, -0.25) is 14.2 Å². The van der Waals surface area contributed by atoms with E-state index in [2.05, 4.69) is 15.3 Å². The molecule has 8 nitrogen and oxygen atoms in total. The molecule has 0 radical (unpaired) electrons. The number of pyridine rings is 2. The largest absolute Gasteiger partial charge is 0.481 e. The quantitative estimate of drug-likeness (QED) is 0.268. The van der Waals surface area contributed by atoms with Gasteiger partial charge in [0.15, 0.2) is 5.78 Å². The predicted molar refractivity (Wildman–Crippen MR) is 139 cm³/mol. The standard InChI is InChI=1S/C26H20ClN5O3S/c1-35-25-12-5-17(15-28-25)20-14-19(31-13-3-2-4-26(31)34)7-8-21(20)32-16-18(29-30-32)6-9-22(33)23-10-11-24(27)36-23/h2-5,7-8,10-16H,6,9H2,1H3. The highest BCUT2D eigenvalue weighted by atomic mass is 35.5. The monoisotopic (exact) mass is 517 g/mol. The Morgan fingerprint density at radius 2 is 2.00 bits per heavy atom. The molecule has 1 aromatic carbocycles. The van der Waals surface area contributed by atoms with Crippen molar-refractivity contribution in [2.75, 3.05) is 7.11 Å². The average molecular weight is 518 g/mol. The third-order valence-electron chi connectivity index (χ3n) is 5.58. The summed E-state index contributed by atoms with van der Waals surface area (Å²) >= 11 is 7.22. The molecule has 0 saturated carbocycles. The molecule has 0 fully saturated rings. The molecule has 0 N–H and O–H groups in total. The Hall–Kier alpha value is -4.08. The van der Waals surface area contributed by atoms with Crippen LogP contribution in [0.1, 0.15) is 21.8 Å². The summed E-state index contributed by atoms with van der Waals surface area (Å²) < 4.78 is 9.02. The molecule has 5 aromatic rings. The summed E-state index contributed by atoms with van der Waals surface area (Å²) in [5.41, 5.74) is 3.63. The first-order chi connectivity index (χ1) is 17.5. The van der Waals surface area contributed by atoms with Crippen molar-refractivity contribution in [2.45, 2.75) is 12.8 Å². The number of aryl methyl sites for hydroxylation is 1. The number of methoxy groups -OCH3 is 1. The molecule has 0 aliphatic rings. The summed E-state index contributed by atoms with van der Waals surface area (Å²) in [6.07, 6.45) is 5.99. The summed E-state index contributed by atoms with van der Waals surface area (Å²) in [4.78, 5) is 29.8. The SMILES string of the molecule is COc1ccc(-c2cc(-n3ccccc3=O)ccc2-n2cc(CCC(=O)c3ccc(Cl)s3)nn2)cn1. The second-order valence-electron chi connectivity index (χ2n) is 7.88. The molecule has 0 atom stereocenters. The van der Waals surface area contributed by atoms with Gasteiger partial charge in [0.05, 0.1) is 33.9 Å². The number of benzene rings is 1. The maximum atomic E-state index is 12.5. The highest BCUT2D eigenvalue weighted by Gasteiger charge is 2.15. The number of rotatable bonds is 8. The van der Waals surface area contributed by atoms with Gasteiger partial charge in [-0.15, -0.1) is 16.4 Å². The zero-order valence-electron chi connectivity index (χ0n) is 19.2. The maximum Gasteiger partial charge on any atom is 0.255 e. The fourth-order valence-corrected chi connectivity index (χ4v) is 4.78. The molecule has 0 aliphatic heterocycles. The van der Waals surface area contributed by atoms with E-state index in [-0.39, 0.29) is 11.3 Å². The van der Waals surface area contributed by atoms with Crippen LogP contribution in [0.25, 0.3) is 22.5 Å². The number of carbonyl (C=O) groups excluding carboxylic acids is 1. The van der Waals surface area contributed by atoms with E-state index in [1.807, 2.05) is 24.3 Å². The number of hydrogen-bond acceptors (Lipinski definition) is 7. The van der Waals surface area contributed by atoms with E-state index in [1.165, 1.54) is 17.4 Å². The van der Waals surface area contributed by atoms with Crippen molar-refractivity contribution in [1.29, 1.82) is 0 Å². The van der Waals surface area contributed by atoms with Gasteiger partial charge in [-0.25, -0.2) is 9.67 Å². The summed E-state index contributed by atoms with van der Waals surface area (Å²) in [6.45, 7) is 0. The minimum absolute atomic E-state index is 0.0177. The molecule has 0 saturated heterocycles. The van der Waals surface area contributed by atoms with Crippen LogP contribution in [-0.4, -0.2) is 37.4 Å². The van der Waals surface area contributed by atoms with Crippen molar-refractivity contribution in [1.82, 2.24) is 24.5 Å². The number of nitrogens with zero attached hydrogens (tertiary/aromatic N) is 5. The van der Waals surface area contributed by atoms with Gasteiger partial charge in [-0.1, -0.05) is 22.9 Å². The Balaban J connectivity index is 1.48. The van der Waals surface area contributed by atoms with E-state index in [9.17, 15) is 9.59 Å². The van der Waals surface area contributed by atoms with Crippen LogP contribution in [-0.2, 0) is 6.42 Å². The lowest BCUT2D eigenvalue weighted by Crippen LogP contribution is -2.15. The number of Topliss-reactive ketones (excluding diaryl/α,β-unsaturated/α-hetero) is 1. The second kappa shape index (κ2) is 10.3. The van der Waals surface area contributed by atoms with Crippen molar-refractivity contribution in [2.24, 2.45) is 0 Å². The Bertz CT molecular complexity index is 1590. The zero-order valence-corrected chi connectivity index (χ0v) is 20.7. The van der Waals surface area contributed by atoms with Gasteiger partial charge in [0.2, 0.25) is 5.88 Å². The summed E-state index contributed by atoms with van der Waals surface area (Å²) in [7, 11) is 1.56. The molecule has 36 heavy (non-hydrogen) atoms. The van der Waals surface area contributed by atoms with Gasteiger partial charge in [0, 0.05) is 54.2 Å². The van der Waals surface area contributed by atoms with Gasteiger partial charge in [-0.2, -0.15) is 0 Å². The van der Waals surface area contributed by atoms with Crippen LogP contribution in [0.5, 0.6) is 5.88 Å². The van der Waals surface area contributed by atoms with Crippen molar-refractivity contribution < 1.29 is 9.53 Å². The normalized spacial score (nSPS) is 10.9. The molecule has 0 amide bonds. The Labute approximate surface area is 215 Å². The summed E-state index contributed by atoms with van der Waals surface area (Å²) in [5, 5.41) is 8.57. The average Bonchev–Trinajstić information content (AvgIpc) is 3.56. The molecular formula is C26H20ClN5O3S. The number of ketones is 1. The number of ether oxygens (including phenoxy) is 1. The molecule has 0 spiro atoms. The fourth-order valence-electron chi connectivity index (χ4n) is 3.77. The zero-order chi connectivity index (χ0) is 25.1. The smallest absolute Gasteiger partial charge is 0.255 e.